The lowest BCUT2D eigenvalue weighted by Gasteiger charge is -2.16. The second-order valence-corrected chi connectivity index (χ2v) is 5.06. The molecule has 0 aliphatic rings. The van der Waals surface area contributed by atoms with Gasteiger partial charge in [0.1, 0.15) is 6.04 Å². The monoisotopic (exact) mass is 318 g/mol. The minimum atomic E-state index is -1.04. The number of carbonyl (C=O) groups excluding carboxylic acids is 1. The molecule has 1 heterocycles. The smallest absolute Gasteiger partial charge is 0.328 e. The summed E-state index contributed by atoms with van der Waals surface area (Å²) in [4.78, 5) is 22.9. The molecule has 1 amide bonds. The fraction of sp³-hybridized carbons (Fsp3) is 0.125. The number of anilines is 1. The maximum atomic E-state index is 12.3. The van der Waals surface area contributed by atoms with Gasteiger partial charge >= 0.3 is 5.97 Å². The zero-order valence-corrected chi connectivity index (χ0v) is 12.6. The minimum absolute atomic E-state index is 0.241. The molecule has 0 spiro atoms. The van der Waals surface area contributed by atoms with Crippen molar-refractivity contribution in [1.82, 2.24) is 4.57 Å². The van der Waals surface area contributed by atoms with Crippen LogP contribution in [-0.2, 0) is 9.59 Å². The van der Waals surface area contributed by atoms with Crippen LogP contribution in [-0.4, -0.2) is 21.6 Å². The van der Waals surface area contributed by atoms with Crippen LogP contribution in [0.2, 0.25) is 5.02 Å². The second kappa shape index (κ2) is 6.95. The van der Waals surface area contributed by atoms with E-state index in [1.54, 1.807) is 54.1 Å². The first kappa shape index (κ1) is 15.9. The SMILES string of the molecule is CC(C(=O)Nc1ccccc1Cl)n1cccc1/C=C/C(=O)O. The lowest BCUT2D eigenvalue weighted by atomic mass is 10.2. The number of para-hydroxylation sites is 1. The third-order valence-electron chi connectivity index (χ3n) is 3.14. The van der Waals surface area contributed by atoms with Gasteiger partial charge in [-0.05, 0) is 37.3 Å². The van der Waals surface area contributed by atoms with Crippen LogP contribution in [0.4, 0.5) is 5.69 Å². The highest BCUT2D eigenvalue weighted by Gasteiger charge is 2.17. The summed E-state index contributed by atoms with van der Waals surface area (Å²) in [5, 5.41) is 11.9. The molecule has 2 aromatic rings. The Kier molecular flexibility index (Phi) is 5.01. The summed E-state index contributed by atoms with van der Waals surface area (Å²) < 4.78 is 1.69. The number of benzene rings is 1. The Labute approximate surface area is 132 Å². The molecular weight excluding hydrogens is 304 g/mol. The van der Waals surface area contributed by atoms with Gasteiger partial charge in [-0.3, -0.25) is 4.79 Å². The van der Waals surface area contributed by atoms with Crippen molar-refractivity contribution in [2.24, 2.45) is 0 Å². The van der Waals surface area contributed by atoms with Crippen LogP contribution >= 0.6 is 11.6 Å². The molecule has 1 atom stereocenters. The summed E-state index contributed by atoms with van der Waals surface area (Å²) in [5.74, 6) is -1.28. The van der Waals surface area contributed by atoms with Crippen molar-refractivity contribution in [2.75, 3.05) is 5.32 Å². The molecule has 0 fully saturated rings. The van der Waals surface area contributed by atoms with E-state index < -0.39 is 12.0 Å². The zero-order valence-electron chi connectivity index (χ0n) is 11.9. The Morgan fingerprint density at radius 2 is 2.00 bits per heavy atom. The van der Waals surface area contributed by atoms with Crippen molar-refractivity contribution in [3.63, 3.8) is 0 Å². The molecule has 5 nitrogen and oxygen atoms in total. The van der Waals surface area contributed by atoms with E-state index in [-0.39, 0.29) is 5.91 Å². The Bertz CT molecular complexity index is 722. The third-order valence-corrected chi connectivity index (χ3v) is 3.47. The van der Waals surface area contributed by atoms with Gasteiger partial charge in [0.25, 0.3) is 0 Å². The van der Waals surface area contributed by atoms with E-state index >= 15 is 0 Å². The van der Waals surface area contributed by atoms with Crippen LogP contribution in [0, 0.1) is 0 Å². The zero-order chi connectivity index (χ0) is 16.1. The number of nitrogens with zero attached hydrogens (tertiary/aromatic N) is 1. The van der Waals surface area contributed by atoms with Gasteiger partial charge in [0.05, 0.1) is 10.7 Å². The van der Waals surface area contributed by atoms with Crippen molar-refractivity contribution in [1.29, 1.82) is 0 Å². The van der Waals surface area contributed by atoms with Crippen molar-refractivity contribution in [2.45, 2.75) is 13.0 Å². The highest BCUT2D eigenvalue weighted by atomic mass is 35.5. The van der Waals surface area contributed by atoms with E-state index in [1.165, 1.54) is 6.08 Å². The van der Waals surface area contributed by atoms with Gasteiger partial charge in [-0.25, -0.2) is 4.79 Å². The summed E-state index contributed by atoms with van der Waals surface area (Å²) in [6.07, 6.45) is 4.20. The minimum Gasteiger partial charge on any atom is -0.478 e. The summed E-state index contributed by atoms with van der Waals surface area (Å²) in [6, 6.07) is 9.94. The summed E-state index contributed by atoms with van der Waals surface area (Å²) in [7, 11) is 0. The van der Waals surface area contributed by atoms with Crippen LogP contribution in [0.3, 0.4) is 0 Å². The average Bonchev–Trinajstić information content (AvgIpc) is 2.95. The number of hydrogen-bond donors (Lipinski definition) is 2. The molecule has 0 aliphatic carbocycles. The number of carboxylic acid groups (broad SMARTS) is 1. The molecule has 0 saturated carbocycles. The normalized spacial score (nSPS) is 12.3. The Hall–Kier alpha value is -2.53. The molecule has 2 rings (SSSR count). The Morgan fingerprint density at radius 3 is 2.68 bits per heavy atom. The van der Waals surface area contributed by atoms with E-state index in [9.17, 15) is 9.59 Å². The molecule has 0 bridgehead atoms. The van der Waals surface area contributed by atoms with Gasteiger partial charge in [0.2, 0.25) is 5.91 Å². The predicted octanol–water partition coefficient (Wildman–Crippen LogP) is 3.44. The largest absolute Gasteiger partial charge is 0.478 e. The van der Waals surface area contributed by atoms with E-state index in [4.69, 9.17) is 16.7 Å². The number of nitrogens with one attached hydrogen (secondary N) is 1. The van der Waals surface area contributed by atoms with Crippen molar-refractivity contribution in [3.8, 4) is 0 Å². The maximum absolute atomic E-state index is 12.3. The molecule has 1 aromatic heterocycles. The van der Waals surface area contributed by atoms with Gasteiger partial charge in [-0.15, -0.1) is 0 Å². The quantitative estimate of drug-likeness (QED) is 0.830. The number of hydrogen-bond acceptors (Lipinski definition) is 2. The predicted molar refractivity (Wildman–Crippen MR) is 85.9 cm³/mol. The number of carbonyl (C=O) groups is 2. The van der Waals surface area contributed by atoms with E-state index in [1.807, 2.05) is 0 Å². The van der Waals surface area contributed by atoms with E-state index in [0.29, 0.717) is 16.4 Å². The number of halogens is 1. The van der Waals surface area contributed by atoms with Crippen LogP contribution in [0.1, 0.15) is 18.7 Å². The molecule has 0 radical (unpaired) electrons. The van der Waals surface area contributed by atoms with Gasteiger partial charge < -0.3 is 15.0 Å². The summed E-state index contributed by atoms with van der Waals surface area (Å²) >= 11 is 6.02. The van der Waals surface area contributed by atoms with Gasteiger partial charge in [0.15, 0.2) is 0 Å². The highest BCUT2D eigenvalue weighted by molar-refractivity contribution is 6.33. The van der Waals surface area contributed by atoms with Crippen LogP contribution in [0.5, 0.6) is 0 Å². The summed E-state index contributed by atoms with van der Waals surface area (Å²) in [6.45, 7) is 1.73. The number of amides is 1. The van der Waals surface area contributed by atoms with Crippen LogP contribution in [0.25, 0.3) is 6.08 Å². The topological polar surface area (TPSA) is 71.3 Å². The van der Waals surface area contributed by atoms with Gasteiger partial charge in [-0.1, -0.05) is 23.7 Å². The van der Waals surface area contributed by atoms with Crippen molar-refractivity contribution in [3.05, 3.63) is 59.4 Å². The first-order valence-electron chi connectivity index (χ1n) is 6.62. The lowest BCUT2D eigenvalue weighted by molar-refractivity contribution is -0.131. The molecule has 6 heteroatoms. The number of aliphatic carboxylic acids is 1. The molecule has 22 heavy (non-hydrogen) atoms. The average molecular weight is 319 g/mol. The number of carboxylic acids is 1. The third kappa shape index (κ3) is 3.77. The van der Waals surface area contributed by atoms with Gasteiger partial charge in [0, 0.05) is 18.0 Å². The molecule has 1 aromatic carbocycles. The van der Waals surface area contributed by atoms with Crippen molar-refractivity contribution >= 4 is 35.2 Å². The van der Waals surface area contributed by atoms with Crippen molar-refractivity contribution < 1.29 is 14.7 Å². The molecular formula is C16H15ClN2O3. The van der Waals surface area contributed by atoms with Crippen LogP contribution in [0.15, 0.2) is 48.7 Å². The molecule has 1 unspecified atom stereocenters. The standard InChI is InChI=1S/C16H15ClN2O3/c1-11(16(22)18-14-7-3-2-6-13(14)17)19-10-4-5-12(19)8-9-15(20)21/h2-11H,1H3,(H,18,22)(H,20,21)/b9-8+. The second-order valence-electron chi connectivity index (χ2n) is 4.66. The van der Waals surface area contributed by atoms with Gasteiger partial charge in [-0.2, -0.15) is 0 Å². The molecule has 0 aliphatic heterocycles. The number of aromatic nitrogens is 1. The number of rotatable bonds is 5. The molecule has 0 saturated heterocycles. The highest BCUT2D eigenvalue weighted by Crippen LogP contribution is 2.22. The van der Waals surface area contributed by atoms with E-state index in [0.717, 1.165) is 6.08 Å². The fourth-order valence-electron chi connectivity index (χ4n) is 1.98. The van der Waals surface area contributed by atoms with Crippen LogP contribution < -0.4 is 5.32 Å². The molecule has 2 N–H and O–H groups in total. The Morgan fingerprint density at radius 1 is 1.27 bits per heavy atom. The summed E-state index contributed by atoms with van der Waals surface area (Å²) in [5.41, 5.74) is 1.17. The maximum Gasteiger partial charge on any atom is 0.328 e. The van der Waals surface area contributed by atoms with E-state index in [2.05, 4.69) is 5.32 Å². The Balaban J connectivity index is 2.16. The molecule has 114 valence electrons. The first-order chi connectivity index (χ1) is 10.5. The first-order valence-corrected chi connectivity index (χ1v) is 7.00. The fourth-order valence-corrected chi connectivity index (χ4v) is 2.17. The lowest BCUT2D eigenvalue weighted by Crippen LogP contribution is -2.24.